The van der Waals surface area contributed by atoms with E-state index in [-0.39, 0.29) is 12.5 Å². The molecule has 3 N–H and O–H groups in total. The number of phenolic OH excluding ortho intramolecular Hbond substituents is 1. The molecule has 0 atom stereocenters. The average molecular weight is 181 g/mol. The van der Waals surface area contributed by atoms with Gasteiger partial charge in [-0.1, -0.05) is 6.07 Å². The van der Waals surface area contributed by atoms with E-state index in [1.807, 2.05) is 0 Å². The Kier molecular flexibility index (Phi) is 1.98. The van der Waals surface area contributed by atoms with Crippen molar-refractivity contribution in [2.45, 2.75) is 6.42 Å². The van der Waals surface area contributed by atoms with Gasteiger partial charge in [0.2, 0.25) is 12.5 Å². The number of phenols is 1. The Hall–Kier alpha value is -1.42. The van der Waals surface area contributed by atoms with Crippen LogP contribution in [0.1, 0.15) is 5.56 Å². The highest BCUT2D eigenvalue weighted by atomic mass is 16.7. The molecule has 1 aromatic rings. The molecule has 1 heterocycles. The van der Waals surface area contributed by atoms with Crippen molar-refractivity contribution in [2.75, 3.05) is 13.3 Å². The molecular weight excluding hydrogens is 170 g/mol. The predicted octanol–water partition coefficient (Wildman–Crippen LogP) is 0.622. The van der Waals surface area contributed by atoms with Crippen LogP contribution in [0.3, 0.4) is 0 Å². The summed E-state index contributed by atoms with van der Waals surface area (Å²) in [5.41, 5.74) is 6.19. The van der Waals surface area contributed by atoms with Crippen molar-refractivity contribution in [1.82, 2.24) is 0 Å². The van der Waals surface area contributed by atoms with Crippen LogP contribution in [0.25, 0.3) is 0 Å². The van der Waals surface area contributed by atoms with E-state index in [4.69, 9.17) is 15.2 Å². The molecule has 0 aliphatic carbocycles. The number of hydrogen-bond acceptors (Lipinski definition) is 4. The van der Waals surface area contributed by atoms with E-state index >= 15 is 0 Å². The molecule has 1 aromatic carbocycles. The molecule has 0 unspecified atom stereocenters. The third kappa shape index (κ3) is 1.29. The Bertz CT molecular complexity index is 325. The van der Waals surface area contributed by atoms with Crippen LogP contribution in [0, 0.1) is 0 Å². The zero-order valence-corrected chi connectivity index (χ0v) is 7.12. The Balaban J connectivity index is 2.40. The summed E-state index contributed by atoms with van der Waals surface area (Å²) >= 11 is 0. The Morgan fingerprint density at radius 2 is 2.23 bits per heavy atom. The first-order valence-electron chi connectivity index (χ1n) is 4.13. The molecule has 0 bridgehead atoms. The third-order valence-corrected chi connectivity index (χ3v) is 2.01. The van der Waals surface area contributed by atoms with Gasteiger partial charge in [-0.3, -0.25) is 0 Å². The van der Waals surface area contributed by atoms with Crippen molar-refractivity contribution < 1.29 is 14.6 Å². The van der Waals surface area contributed by atoms with Crippen LogP contribution in [0.2, 0.25) is 0 Å². The highest BCUT2D eigenvalue weighted by molar-refractivity contribution is 5.56. The van der Waals surface area contributed by atoms with Crippen LogP contribution in [0.4, 0.5) is 0 Å². The van der Waals surface area contributed by atoms with E-state index in [1.54, 1.807) is 12.1 Å². The molecule has 4 heteroatoms. The van der Waals surface area contributed by atoms with E-state index < -0.39 is 0 Å². The minimum Gasteiger partial charge on any atom is -0.504 e. The fraction of sp³-hybridized carbons (Fsp3) is 0.333. The van der Waals surface area contributed by atoms with Gasteiger partial charge in [-0.15, -0.1) is 0 Å². The van der Waals surface area contributed by atoms with Crippen molar-refractivity contribution in [3.63, 3.8) is 0 Å². The quantitative estimate of drug-likeness (QED) is 0.702. The minimum absolute atomic E-state index is 0.153. The summed E-state index contributed by atoms with van der Waals surface area (Å²) in [5, 5.41) is 9.68. The Morgan fingerprint density at radius 1 is 1.38 bits per heavy atom. The maximum Gasteiger partial charge on any atom is 0.231 e. The van der Waals surface area contributed by atoms with E-state index in [2.05, 4.69) is 0 Å². The largest absolute Gasteiger partial charge is 0.504 e. The molecular formula is C9H11NO3. The van der Waals surface area contributed by atoms with Crippen LogP contribution in [0.15, 0.2) is 12.1 Å². The minimum atomic E-state index is 0.153. The summed E-state index contributed by atoms with van der Waals surface area (Å²) in [7, 11) is 0. The molecule has 70 valence electrons. The van der Waals surface area contributed by atoms with Crippen LogP contribution in [-0.2, 0) is 6.42 Å². The first-order chi connectivity index (χ1) is 6.33. The maximum atomic E-state index is 9.68. The summed E-state index contributed by atoms with van der Waals surface area (Å²) in [6.07, 6.45) is 0.641. The van der Waals surface area contributed by atoms with Crippen molar-refractivity contribution >= 4 is 0 Å². The summed E-state index contributed by atoms with van der Waals surface area (Å²) < 4.78 is 10.2. The van der Waals surface area contributed by atoms with Crippen LogP contribution >= 0.6 is 0 Å². The van der Waals surface area contributed by atoms with Crippen molar-refractivity contribution in [2.24, 2.45) is 5.73 Å². The van der Waals surface area contributed by atoms with Gasteiger partial charge in [0, 0.05) is 0 Å². The number of fused-ring (bicyclic) bond motifs is 1. The average Bonchev–Trinajstić information content (AvgIpc) is 2.58. The molecule has 2 rings (SSSR count). The standard InChI is InChI=1S/C9H11NO3/c10-4-3-6-1-2-7-9(8(6)11)13-5-12-7/h1-2,11H,3-5,10H2. The van der Waals surface area contributed by atoms with E-state index in [0.717, 1.165) is 5.56 Å². The molecule has 0 saturated carbocycles. The Morgan fingerprint density at radius 3 is 3.00 bits per heavy atom. The van der Waals surface area contributed by atoms with Crippen molar-refractivity contribution in [3.8, 4) is 17.2 Å². The van der Waals surface area contributed by atoms with Gasteiger partial charge in [0.1, 0.15) is 0 Å². The SMILES string of the molecule is NCCc1ccc2c(c1O)OCO2. The fourth-order valence-corrected chi connectivity index (χ4v) is 1.36. The number of rotatable bonds is 2. The zero-order chi connectivity index (χ0) is 9.26. The highest BCUT2D eigenvalue weighted by Gasteiger charge is 2.19. The number of aromatic hydroxyl groups is 1. The summed E-state index contributed by atoms with van der Waals surface area (Å²) in [6, 6.07) is 3.59. The number of benzene rings is 1. The summed E-state index contributed by atoms with van der Waals surface area (Å²) in [5.74, 6) is 1.18. The molecule has 1 aliphatic rings. The first kappa shape index (κ1) is 8.19. The zero-order valence-electron chi connectivity index (χ0n) is 7.12. The summed E-state index contributed by atoms with van der Waals surface area (Å²) in [6.45, 7) is 0.683. The lowest BCUT2D eigenvalue weighted by Crippen LogP contribution is -2.02. The maximum absolute atomic E-state index is 9.68. The second-order valence-electron chi connectivity index (χ2n) is 2.85. The Labute approximate surface area is 75.9 Å². The second-order valence-corrected chi connectivity index (χ2v) is 2.85. The molecule has 0 aromatic heterocycles. The second kappa shape index (κ2) is 3.14. The lowest BCUT2D eigenvalue weighted by Gasteiger charge is -2.05. The van der Waals surface area contributed by atoms with E-state index in [0.29, 0.717) is 24.5 Å². The van der Waals surface area contributed by atoms with Gasteiger partial charge in [0.15, 0.2) is 11.5 Å². The molecule has 4 nitrogen and oxygen atoms in total. The molecule has 0 spiro atoms. The van der Waals surface area contributed by atoms with Gasteiger partial charge < -0.3 is 20.3 Å². The molecule has 0 amide bonds. The topological polar surface area (TPSA) is 64.7 Å². The number of nitrogens with two attached hydrogens (primary N) is 1. The normalized spacial score (nSPS) is 13.3. The molecule has 0 saturated heterocycles. The summed E-state index contributed by atoms with van der Waals surface area (Å²) in [4.78, 5) is 0. The van der Waals surface area contributed by atoms with E-state index in [1.165, 1.54) is 0 Å². The van der Waals surface area contributed by atoms with Crippen LogP contribution in [-0.4, -0.2) is 18.4 Å². The number of ether oxygens (including phenoxy) is 2. The van der Waals surface area contributed by atoms with Gasteiger partial charge >= 0.3 is 0 Å². The molecule has 0 radical (unpaired) electrons. The fourth-order valence-electron chi connectivity index (χ4n) is 1.36. The molecule has 0 fully saturated rings. The lowest BCUT2D eigenvalue weighted by molar-refractivity contribution is 0.171. The third-order valence-electron chi connectivity index (χ3n) is 2.01. The first-order valence-corrected chi connectivity index (χ1v) is 4.13. The van der Waals surface area contributed by atoms with Crippen molar-refractivity contribution in [3.05, 3.63) is 17.7 Å². The predicted molar refractivity (Wildman–Crippen MR) is 47.0 cm³/mol. The van der Waals surface area contributed by atoms with Crippen LogP contribution < -0.4 is 15.2 Å². The lowest BCUT2D eigenvalue weighted by atomic mass is 10.1. The smallest absolute Gasteiger partial charge is 0.231 e. The van der Waals surface area contributed by atoms with Gasteiger partial charge in [-0.2, -0.15) is 0 Å². The monoisotopic (exact) mass is 181 g/mol. The highest BCUT2D eigenvalue weighted by Crippen LogP contribution is 2.42. The van der Waals surface area contributed by atoms with E-state index in [9.17, 15) is 5.11 Å². The van der Waals surface area contributed by atoms with Gasteiger partial charge in [-0.05, 0) is 24.6 Å². The number of hydrogen-bond donors (Lipinski definition) is 2. The van der Waals surface area contributed by atoms with Gasteiger partial charge in [0.05, 0.1) is 0 Å². The van der Waals surface area contributed by atoms with Crippen molar-refractivity contribution in [1.29, 1.82) is 0 Å². The molecule has 13 heavy (non-hydrogen) atoms. The van der Waals surface area contributed by atoms with Crippen LogP contribution in [0.5, 0.6) is 17.2 Å². The van der Waals surface area contributed by atoms with Gasteiger partial charge in [0.25, 0.3) is 0 Å². The van der Waals surface area contributed by atoms with Gasteiger partial charge in [-0.25, -0.2) is 0 Å². The molecule has 1 aliphatic heterocycles.